The van der Waals surface area contributed by atoms with Gasteiger partial charge in [0.25, 0.3) is 0 Å². The van der Waals surface area contributed by atoms with E-state index in [0.29, 0.717) is 6.42 Å². The van der Waals surface area contributed by atoms with Crippen LogP contribution in [0.2, 0.25) is 0 Å². The van der Waals surface area contributed by atoms with E-state index in [0.717, 1.165) is 35.1 Å². The summed E-state index contributed by atoms with van der Waals surface area (Å²) in [4.78, 5) is 36.6. The lowest BCUT2D eigenvalue weighted by Crippen LogP contribution is -2.50. The molecule has 3 atom stereocenters. The van der Waals surface area contributed by atoms with Crippen LogP contribution < -0.4 is 10.6 Å². The third-order valence-electron chi connectivity index (χ3n) is 6.80. The molecule has 2 aromatic carbocycles. The Morgan fingerprint density at radius 2 is 1.68 bits per heavy atom. The minimum absolute atomic E-state index is 0.0247. The van der Waals surface area contributed by atoms with Crippen LogP contribution in [0.15, 0.2) is 48.5 Å². The molecular formula is C26H30N2O6. The van der Waals surface area contributed by atoms with Crippen molar-refractivity contribution in [3.8, 4) is 11.1 Å². The lowest BCUT2D eigenvalue weighted by molar-refractivity contribution is -0.143. The van der Waals surface area contributed by atoms with E-state index in [1.54, 1.807) is 0 Å². The molecule has 0 unspecified atom stereocenters. The molecule has 2 aromatic rings. The number of hydrogen-bond acceptors (Lipinski definition) is 5. The first-order valence-electron chi connectivity index (χ1n) is 11.6. The number of ether oxygens (including phenoxy) is 2. The van der Waals surface area contributed by atoms with E-state index in [2.05, 4.69) is 22.8 Å². The summed E-state index contributed by atoms with van der Waals surface area (Å²) in [5.74, 6) is -1.90. The van der Waals surface area contributed by atoms with Crippen LogP contribution in [0.4, 0.5) is 4.79 Å². The van der Waals surface area contributed by atoms with Crippen molar-refractivity contribution < 1.29 is 29.0 Å². The van der Waals surface area contributed by atoms with Crippen LogP contribution in [0.3, 0.4) is 0 Å². The lowest BCUT2D eigenvalue weighted by Gasteiger charge is -2.21. The molecule has 34 heavy (non-hydrogen) atoms. The lowest BCUT2D eigenvalue weighted by atomic mass is 9.96. The first-order chi connectivity index (χ1) is 16.5. The molecule has 0 radical (unpaired) electrons. The Kier molecular flexibility index (Phi) is 7.47. The smallest absolute Gasteiger partial charge is 0.407 e. The maximum absolute atomic E-state index is 12.7. The third kappa shape index (κ3) is 5.07. The summed E-state index contributed by atoms with van der Waals surface area (Å²) in [5, 5.41) is 14.7. The molecule has 3 N–H and O–H groups in total. The Bertz CT molecular complexity index is 1010. The number of amides is 2. The maximum atomic E-state index is 12.7. The summed E-state index contributed by atoms with van der Waals surface area (Å²) in [7, 11) is 1.44. The molecule has 1 saturated carbocycles. The van der Waals surface area contributed by atoms with Gasteiger partial charge in [-0.1, -0.05) is 55.0 Å². The van der Waals surface area contributed by atoms with Crippen LogP contribution >= 0.6 is 0 Å². The third-order valence-corrected chi connectivity index (χ3v) is 6.80. The van der Waals surface area contributed by atoms with Crippen molar-refractivity contribution in [1.29, 1.82) is 0 Å². The number of carboxylic acid groups (broad SMARTS) is 1. The molecule has 0 aliphatic heterocycles. The van der Waals surface area contributed by atoms with Gasteiger partial charge >= 0.3 is 12.1 Å². The number of nitrogens with one attached hydrogen (secondary N) is 2. The van der Waals surface area contributed by atoms with Gasteiger partial charge in [-0.2, -0.15) is 0 Å². The Hall–Kier alpha value is -3.39. The van der Waals surface area contributed by atoms with Crippen molar-refractivity contribution in [3.63, 3.8) is 0 Å². The van der Waals surface area contributed by atoms with Gasteiger partial charge in [0.2, 0.25) is 5.91 Å². The molecule has 2 aliphatic carbocycles. The molecular weight excluding hydrogens is 436 g/mol. The average Bonchev–Trinajstić information content (AvgIpc) is 3.44. The number of aliphatic carboxylic acids is 1. The Morgan fingerprint density at radius 3 is 2.29 bits per heavy atom. The molecule has 0 heterocycles. The zero-order chi connectivity index (χ0) is 24.1. The van der Waals surface area contributed by atoms with E-state index in [1.165, 1.54) is 7.11 Å². The van der Waals surface area contributed by atoms with Crippen molar-refractivity contribution in [2.24, 2.45) is 11.8 Å². The average molecular weight is 467 g/mol. The van der Waals surface area contributed by atoms with Gasteiger partial charge in [-0.05, 0) is 41.0 Å². The summed E-state index contributed by atoms with van der Waals surface area (Å²) in [6.45, 7) is 0.370. The normalized spacial score (nSPS) is 19.7. The van der Waals surface area contributed by atoms with E-state index in [9.17, 15) is 19.5 Å². The predicted molar refractivity (Wildman–Crippen MR) is 125 cm³/mol. The van der Waals surface area contributed by atoms with Crippen LogP contribution in [-0.2, 0) is 19.1 Å². The molecule has 0 spiro atoms. The summed E-state index contributed by atoms with van der Waals surface area (Å²) in [5.41, 5.74) is 4.48. The summed E-state index contributed by atoms with van der Waals surface area (Å²) >= 11 is 0. The first kappa shape index (κ1) is 23.8. The van der Waals surface area contributed by atoms with Crippen molar-refractivity contribution in [2.75, 3.05) is 26.9 Å². The highest BCUT2D eigenvalue weighted by atomic mass is 16.5. The minimum atomic E-state index is -0.940. The van der Waals surface area contributed by atoms with Crippen molar-refractivity contribution in [1.82, 2.24) is 10.6 Å². The second-order valence-corrected chi connectivity index (χ2v) is 8.86. The minimum Gasteiger partial charge on any atom is -0.481 e. The molecule has 0 saturated heterocycles. The fourth-order valence-electron chi connectivity index (χ4n) is 5.09. The fourth-order valence-corrected chi connectivity index (χ4v) is 5.09. The first-order valence-corrected chi connectivity index (χ1v) is 11.6. The van der Waals surface area contributed by atoms with Crippen LogP contribution in [0.5, 0.6) is 0 Å². The second-order valence-electron chi connectivity index (χ2n) is 8.86. The fraction of sp³-hybridized carbons (Fsp3) is 0.423. The van der Waals surface area contributed by atoms with Crippen molar-refractivity contribution in [2.45, 2.75) is 31.2 Å². The van der Waals surface area contributed by atoms with E-state index in [4.69, 9.17) is 9.47 Å². The van der Waals surface area contributed by atoms with Gasteiger partial charge in [-0.15, -0.1) is 0 Å². The second kappa shape index (κ2) is 10.7. The van der Waals surface area contributed by atoms with Gasteiger partial charge in [0.1, 0.15) is 12.6 Å². The molecule has 0 bridgehead atoms. The maximum Gasteiger partial charge on any atom is 0.407 e. The van der Waals surface area contributed by atoms with Gasteiger partial charge < -0.3 is 25.2 Å². The number of methoxy groups -OCH3 is 1. The SMILES string of the molecule is COC[C@H](NC(=O)OCC1c2ccccc2-c2ccccc21)C(=O)NC[C@@H]1CCC[C@@H]1C(=O)O. The molecule has 180 valence electrons. The highest BCUT2D eigenvalue weighted by Crippen LogP contribution is 2.44. The van der Waals surface area contributed by atoms with Crippen LogP contribution in [0, 0.1) is 11.8 Å². The number of rotatable bonds is 9. The molecule has 2 aliphatic rings. The van der Waals surface area contributed by atoms with Crippen LogP contribution in [0.1, 0.15) is 36.3 Å². The molecule has 8 heteroatoms. The number of hydrogen-bond donors (Lipinski definition) is 3. The van der Waals surface area contributed by atoms with Gasteiger partial charge in [-0.3, -0.25) is 9.59 Å². The molecule has 1 fully saturated rings. The summed E-state index contributed by atoms with van der Waals surface area (Å²) < 4.78 is 10.6. The Morgan fingerprint density at radius 1 is 1.03 bits per heavy atom. The van der Waals surface area contributed by atoms with Crippen LogP contribution in [-0.4, -0.2) is 56.0 Å². The van der Waals surface area contributed by atoms with Crippen LogP contribution in [0.25, 0.3) is 11.1 Å². The van der Waals surface area contributed by atoms with Gasteiger partial charge in [-0.25, -0.2) is 4.79 Å². The monoisotopic (exact) mass is 466 g/mol. The zero-order valence-electron chi connectivity index (χ0n) is 19.2. The van der Waals surface area contributed by atoms with Crippen molar-refractivity contribution >= 4 is 18.0 Å². The standard InChI is InChI=1S/C26H30N2O6/c1-33-15-23(24(29)27-13-16-7-6-12-17(16)25(30)31)28-26(32)34-14-22-20-10-4-2-8-18(20)19-9-3-5-11-21(19)22/h2-5,8-11,16-17,22-23H,6-7,12-15H2,1H3,(H,27,29)(H,28,32)(H,30,31)/t16-,17-,23-/m0/s1. The number of fused-ring (bicyclic) bond motifs is 3. The van der Waals surface area contributed by atoms with E-state index >= 15 is 0 Å². The quantitative estimate of drug-likeness (QED) is 0.523. The molecule has 8 nitrogen and oxygen atoms in total. The molecule has 2 amide bonds. The highest BCUT2D eigenvalue weighted by molar-refractivity contribution is 5.86. The number of carboxylic acids is 1. The van der Waals surface area contributed by atoms with Crippen molar-refractivity contribution in [3.05, 3.63) is 59.7 Å². The molecule has 0 aromatic heterocycles. The summed E-state index contributed by atoms with van der Waals surface area (Å²) in [6.07, 6.45) is 1.50. The largest absolute Gasteiger partial charge is 0.481 e. The Labute approximate surface area is 198 Å². The number of carbonyl (C=O) groups is 3. The predicted octanol–water partition coefficient (Wildman–Crippen LogP) is 3.16. The van der Waals surface area contributed by atoms with Gasteiger partial charge in [0, 0.05) is 19.6 Å². The van der Waals surface area contributed by atoms with Gasteiger partial charge in [0.05, 0.1) is 12.5 Å². The van der Waals surface area contributed by atoms with Gasteiger partial charge in [0.15, 0.2) is 0 Å². The summed E-state index contributed by atoms with van der Waals surface area (Å²) in [6, 6.07) is 15.2. The van der Waals surface area contributed by atoms with E-state index in [-0.39, 0.29) is 31.6 Å². The topological polar surface area (TPSA) is 114 Å². The zero-order valence-corrected chi connectivity index (χ0v) is 19.2. The number of alkyl carbamates (subject to hydrolysis) is 1. The number of benzene rings is 2. The Balaban J connectivity index is 1.33. The molecule has 4 rings (SSSR count). The highest BCUT2D eigenvalue weighted by Gasteiger charge is 2.34. The van der Waals surface area contributed by atoms with E-state index < -0.39 is 29.9 Å². The van der Waals surface area contributed by atoms with E-state index in [1.807, 2.05) is 36.4 Å². The number of carbonyl (C=O) groups excluding carboxylic acids is 2.